The summed E-state index contributed by atoms with van der Waals surface area (Å²) in [6.45, 7) is -0.240. The van der Waals surface area contributed by atoms with E-state index in [0.29, 0.717) is 24.6 Å². The maximum Gasteiger partial charge on any atom is 0.325 e. The number of carbonyl (C=O) groups excluding carboxylic acids is 4. The van der Waals surface area contributed by atoms with Crippen LogP contribution >= 0.6 is 35.2 Å². The normalized spacial score (nSPS) is 28.2. The van der Waals surface area contributed by atoms with Gasteiger partial charge in [-0.2, -0.15) is 11.8 Å². The Morgan fingerprint density at radius 1 is 1.00 bits per heavy atom. The lowest BCUT2D eigenvalue weighted by molar-refractivity contribution is -0.250. The number of fused-ring (bicyclic) bond motifs is 1. The molecule has 0 aromatic rings. The van der Waals surface area contributed by atoms with E-state index in [9.17, 15) is 47.6 Å². The van der Waals surface area contributed by atoms with Crippen molar-refractivity contribution < 1.29 is 70.3 Å². The molecule has 0 aromatic heterocycles. The van der Waals surface area contributed by atoms with Crippen molar-refractivity contribution in [2.24, 2.45) is 5.73 Å². The minimum Gasteiger partial charge on any atom is -0.756 e. The molecule has 0 aromatic carbocycles. The number of hydrogen-bond donors (Lipinski definition) is 7. The number of phosphoric ester groups is 1. The van der Waals surface area contributed by atoms with Crippen LogP contribution in [0.15, 0.2) is 11.8 Å². The zero-order valence-electron chi connectivity index (χ0n) is 28.9. The third-order valence-corrected chi connectivity index (χ3v) is 13.6. The highest BCUT2D eigenvalue weighted by Crippen LogP contribution is 2.61. The van der Waals surface area contributed by atoms with Crippen LogP contribution in [0.25, 0.3) is 0 Å². The SMILES string of the molecule is NC1NC(=O)N([C@H]2CC[C@@H](COP(=O)([O-])OP(=O)([O-])OP(=O)([O-])O)O2)C=C1C#CCNC(=O)CCCCCNC(=O)CCCC[C@@H]1SC[C@@H]2NC(=O)N[C@@H]21. The average Bonchev–Trinajstić information content (AvgIpc) is 3.78. The van der Waals surface area contributed by atoms with E-state index in [2.05, 4.69) is 51.6 Å². The summed E-state index contributed by atoms with van der Waals surface area (Å²) in [5.74, 6) is 6.24. The number of amides is 6. The maximum absolute atomic E-state index is 12.6. The number of nitrogens with two attached hydrogens (primary N) is 1. The molecule has 0 radical (unpaired) electrons. The zero-order chi connectivity index (χ0) is 39.5. The van der Waals surface area contributed by atoms with Crippen molar-refractivity contribution >= 4 is 59.1 Å². The number of carbonyl (C=O) groups is 4. The van der Waals surface area contributed by atoms with E-state index in [1.165, 1.54) is 6.20 Å². The van der Waals surface area contributed by atoms with E-state index < -0.39 is 54.6 Å². The zero-order valence-corrected chi connectivity index (χ0v) is 32.4. The van der Waals surface area contributed by atoms with Crippen molar-refractivity contribution in [3.8, 4) is 11.8 Å². The fourth-order valence-corrected chi connectivity index (χ4v) is 10.4. The Bertz CT molecular complexity index is 1620. The lowest BCUT2D eigenvalue weighted by atomic mass is 10.0. The fraction of sp³-hybridized carbons (Fsp3) is 0.714. The molecule has 4 aliphatic rings. The highest BCUT2D eigenvalue weighted by atomic mass is 32.2. The molecule has 4 aliphatic heterocycles. The second-order valence-electron chi connectivity index (χ2n) is 12.6. The van der Waals surface area contributed by atoms with Crippen LogP contribution in [0.2, 0.25) is 0 Å². The number of hydrogen-bond acceptors (Lipinski definition) is 16. The van der Waals surface area contributed by atoms with Crippen LogP contribution < -0.4 is 47.0 Å². The Hall–Kier alpha value is -2.54. The number of unbranched alkanes of at least 4 members (excludes halogenated alkanes) is 3. The number of rotatable bonds is 20. The molecule has 4 rings (SSSR count). The molecule has 22 nitrogen and oxygen atoms in total. The van der Waals surface area contributed by atoms with Crippen LogP contribution in [0.3, 0.4) is 0 Å². The van der Waals surface area contributed by atoms with Gasteiger partial charge in [0.05, 0.1) is 36.9 Å². The van der Waals surface area contributed by atoms with Gasteiger partial charge < -0.3 is 61.2 Å². The number of nitrogens with zero attached hydrogens (tertiary/aromatic N) is 1. The van der Waals surface area contributed by atoms with Crippen molar-refractivity contribution in [2.45, 2.75) is 100 Å². The Morgan fingerprint density at radius 3 is 2.46 bits per heavy atom. The Morgan fingerprint density at radius 2 is 1.72 bits per heavy atom. The van der Waals surface area contributed by atoms with Gasteiger partial charge in [0.2, 0.25) is 11.8 Å². The molecule has 0 saturated carbocycles. The summed E-state index contributed by atoms with van der Waals surface area (Å²) < 4.78 is 50.6. The van der Waals surface area contributed by atoms with E-state index in [1.807, 2.05) is 11.8 Å². The molecule has 3 fully saturated rings. The largest absolute Gasteiger partial charge is 0.756 e. The van der Waals surface area contributed by atoms with E-state index in [-0.39, 0.29) is 61.3 Å². The van der Waals surface area contributed by atoms with Crippen molar-refractivity contribution in [1.29, 1.82) is 0 Å². The van der Waals surface area contributed by atoms with Crippen LogP contribution in [0.1, 0.15) is 64.2 Å². The number of nitrogens with one attached hydrogen (secondary N) is 5. The number of thioether (sulfide) groups is 1. The molecule has 3 saturated heterocycles. The van der Waals surface area contributed by atoms with Crippen molar-refractivity contribution in [1.82, 2.24) is 31.5 Å². The summed E-state index contributed by atoms with van der Waals surface area (Å²) in [5, 5.41) is 14.4. The molecular weight excluding hydrogens is 799 g/mol. The van der Waals surface area contributed by atoms with Crippen molar-refractivity contribution in [3.05, 3.63) is 11.8 Å². The minimum absolute atomic E-state index is 0.00175. The molecule has 6 amide bonds. The second-order valence-corrected chi connectivity index (χ2v) is 18.2. The van der Waals surface area contributed by atoms with Crippen molar-refractivity contribution in [3.63, 3.8) is 0 Å². The van der Waals surface area contributed by atoms with Gasteiger partial charge in [-0.1, -0.05) is 24.7 Å². The van der Waals surface area contributed by atoms with Gasteiger partial charge >= 0.3 is 12.1 Å². The van der Waals surface area contributed by atoms with Gasteiger partial charge in [-0.05, 0) is 38.5 Å². The molecule has 304 valence electrons. The third-order valence-electron chi connectivity index (χ3n) is 8.43. The summed E-state index contributed by atoms with van der Waals surface area (Å²) in [6, 6.07) is -0.388. The van der Waals surface area contributed by atoms with Gasteiger partial charge in [0.25, 0.3) is 23.5 Å². The first-order chi connectivity index (χ1) is 25.4. The maximum atomic E-state index is 12.6. The lowest BCUT2D eigenvalue weighted by Crippen LogP contribution is -2.54. The number of urea groups is 2. The number of phosphoric acid groups is 3. The molecular formula is C28H43N7O15P3S-3. The molecule has 4 unspecified atom stereocenters. The Labute approximate surface area is 315 Å². The molecule has 0 spiro atoms. The molecule has 0 aliphatic carbocycles. The monoisotopic (exact) mass is 842 g/mol. The average molecular weight is 843 g/mol. The molecule has 0 bridgehead atoms. The topological polar surface area (TPSA) is 335 Å². The lowest BCUT2D eigenvalue weighted by Gasteiger charge is -2.33. The number of ether oxygens (including phenoxy) is 1. The van der Waals surface area contributed by atoms with E-state index in [0.717, 1.165) is 42.8 Å². The predicted molar refractivity (Wildman–Crippen MR) is 184 cm³/mol. The van der Waals surface area contributed by atoms with Gasteiger partial charge in [0.1, 0.15) is 12.4 Å². The second kappa shape index (κ2) is 20.1. The third kappa shape index (κ3) is 14.8. The van der Waals surface area contributed by atoms with Gasteiger partial charge in [-0.15, -0.1) is 0 Å². The molecule has 8 N–H and O–H groups in total. The van der Waals surface area contributed by atoms with Crippen LogP contribution in [-0.4, -0.2) is 95.0 Å². The van der Waals surface area contributed by atoms with Gasteiger partial charge in [0.15, 0.2) is 0 Å². The van der Waals surface area contributed by atoms with E-state index in [1.54, 1.807) is 0 Å². The van der Waals surface area contributed by atoms with Gasteiger partial charge in [-0.3, -0.25) is 28.2 Å². The van der Waals surface area contributed by atoms with Crippen LogP contribution in [0.5, 0.6) is 0 Å². The first kappa shape index (κ1) is 44.2. The Kier molecular flexibility index (Phi) is 16.4. The summed E-state index contributed by atoms with van der Waals surface area (Å²) in [4.78, 5) is 91.7. The molecule has 26 heteroatoms. The predicted octanol–water partition coefficient (Wildman–Crippen LogP) is -1.35. The van der Waals surface area contributed by atoms with E-state index in [4.69, 9.17) is 15.4 Å². The van der Waals surface area contributed by atoms with Crippen molar-refractivity contribution in [2.75, 3.05) is 25.4 Å². The summed E-state index contributed by atoms with van der Waals surface area (Å²) in [7, 11) is -17.6. The minimum atomic E-state index is -6.04. The molecule has 4 heterocycles. The highest BCUT2D eigenvalue weighted by molar-refractivity contribution is 8.00. The van der Waals surface area contributed by atoms with Crippen LogP contribution in [0.4, 0.5) is 9.59 Å². The molecule has 9 atom stereocenters. The first-order valence-corrected chi connectivity index (χ1v) is 22.5. The smallest absolute Gasteiger partial charge is 0.325 e. The van der Waals surface area contributed by atoms with Crippen LogP contribution in [0, 0.1) is 11.8 Å². The standard InChI is InChI=1S/C28H46N7O15P3S/c29-26-18(15-35(28(39)34-26)24-12-11-19(48-24)16-47-52(43,44)50-53(45,46)49-51(40,41)42)7-6-14-31-22(36)9-2-1-5-13-30-23(37)10-4-3-8-21-25-20(17-54-21)32-27(38)33-25/h15,19-21,24-26H,1-5,8-14,16-17,29H2,(H,30,37)(H,31,36)(H,34,39)(H,43,44)(H,45,46)(H2,32,33,38)(H2,40,41,42)/p-3/t19-,20-,21-,24+,25-,26?/m0/s1. The van der Waals surface area contributed by atoms with Gasteiger partial charge in [-0.25, -0.2) is 18.2 Å². The summed E-state index contributed by atoms with van der Waals surface area (Å²) in [5.41, 5.74) is 6.25. The fourth-order valence-electron chi connectivity index (χ4n) is 5.93. The van der Waals surface area contributed by atoms with Gasteiger partial charge in [0, 0.05) is 36.6 Å². The highest BCUT2D eigenvalue weighted by Gasteiger charge is 2.42. The summed E-state index contributed by atoms with van der Waals surface area (Å²) in [6.07, 6.45) is 4.28. The molecule has 54 heavy (non-hydrogen) atoms. The van der Waals surface area contributed by atoms with E-state index >= 15 is 0 Å². The summed E-state index contributed by atoms with van der Waals surface area (Å²) >= 11 is 1.86. The first-order valence-electron chi connectivity index (χ1n) is 17.1. The Balaban J connectivity index is 1.07. The quantitative estimate of drug-likeness (QED) is 0.0323. The van der Waals surface area contributed by atoms with Crippen LogP contribution in [-0.2, 0) is 41.2 Å².